The molecule has 3 nitrogen and oxygen atoms in total. The molecule has 22 heavy (non-hydrogen) atoms. The first-order chi connectivity index (χ1) is 10.7. The van der Waals surface area contributed by atoms with Crippen molar-refractivity contribution in [2.75, 3.05) is 0 Å². The van der Waals surface area contributed by atoms with Crippen molar-refractivity contribution in [1.29, 1.82) is 0 Å². The number of rotatable bonds is 4. The lowest BCUT2D eigenvalue weighted by atomic mass is 10.1. The number of aromatic nitrogens is 2. The second-order valence-corrected chi connectivity index (χ2v) is 4.92. The smallest absolute Gasteiger partial charge is 0.123 e. The summed E-state index contributed by atoms with van der Waals surface area (Å²) in [5, 5.41) is 4.63. The van der Waals surface area contributed by atoms with Gasteiger partial charge in [0.05, 0.1) is 11.4 Å². The van der Waals surface area contributed by atoms with Gasteiger partial charge in [0.2, 0.25) is 0 Å². The topological polar surface area (TPSA) is 43.8 Å². The fraction of sp³-hybridized carbons (Fsp3) is 0.0556. The molecule has 0 aliphatic rings. The molecule has 3 aromatic rings. The lowest BCUT2D eigenvalue weighted by Crippen LogP contribution is -2.04. The maximum atomic E-state index is 13.1. The van der Waals surface area contributed by atoms with Gasteiger partial charge in [0.15, 0.2) is 0 Å². The second kappa shape index (κ2) is 5.95. The van der Waals surface area contributed by atoms with Gasteiger partial charge in [0.1, 0.15) is 5.82 Å². The molecule has 4 heteroatoms. The van der Waals surface area contributed by atoms with Gasteiger partial charge in [-0.15, -0.1) is 0 Å². The van der Waals surface area contributed by atoms with Gasteiger partial charge in [-0.25, -0.2) is 9.07 Å². The number of para-hydroxylation sites is 1. The highest BCUT2D eigenvalue weighted by molar-refractivity contribution is 5.71. The molecule has 1 aromatic heterocycles. The Morgan fingerprint density at radius 3 is 2.55 bits per heavy atom. The largest absolute Gasteiger partial charge is 0.326 e. The van der Waals surface area contributed by atoms with Crippen LogP contribution in [0.3, 0.4) is 0 Å². The van der Waals surface area contributed by atoms with Crippen molar-refractivity contribution in [2.45, 2.75) is 6.54 Å². The molecule has 0 spiro atoms. The summed E-state index contributed by atoms with van der Waals surface area (Å²) in [5.74, 6) is -0.267. The predicted molar refractivity (Wildman–Crippen MR) is 86.9 cm³/mol. The molecule has 0 bridgehead atoms. The zero-order valence-corrected chi connectivity index (χ0v) is 12.0. The van der Waals surface area contributed by atoms with Crippen LogP contribution >= 0.6 is 0 Å². The molecule has 3 rings (SSSR count). The summed E-state index contributed by atoms with van der Waals surface area (Å²) in [5.41, 5.74) is 10.2. The van der Waals surface area contributed by atoms with E-state index in [-0.39, 0.29) is 5.82 Å². The maximum Gasteiger partial charge on any atom is 0.123 e. The first-order valence-electron chi connectivity index (χ1n) is 6.99. The number of benzene rings is 2. The van der Waals surface area contributed by atoms with Gasteiger partial charge < -0.3 is 5.73 Å². The third-order valence-electron chi connectivity index (χ3n) is 3.54. The highest BCUT2D eigenvalue weighted by Crippen LogP contribution is 2.25. The van der Waals surface area contributed by atoms with Crippen LogP contribution in [0.15, 0.2) is 61.3 Å². The molecule has 0 aliphatic carbocycles. The monoisotopic (exact) mass is 293 g/mol. The van der Waals surface area contributed by atoms with Gasteiger partial charge in [-0.05, 0) is 35.9 Å². The van der Waals surface area contributed by atoms with Crippen LogP contribution in [0.4, 0.5) is 4.39 Å². The van der Waals surface area contributed by atoms with E-state index in [4.69, 9.17) is 5.73 Å². The summed E-state index contributed by atoms with van der Waals surface area (Å²) < 4.78 is 14.9. The van der Waals surface area contributed by atoms with E-state index in [1.165, 1.54) is 12.1 Å². The van der Waals surface area contributed by atoms with Crippen molar-refractivity contribution in [2.24, 2.45) is 5.73 Å². The normalized spacial score (nSPS) is 10.6. The molecule has 0 saturated carbocycles. The third kappa shape index (κ3) is 2.56. The predicted octanol–water partition coefficient (Wildman–Crippen LogP) is 3.78. The molecule has 0 radical (unpaired) electrons. The Labute approximate surface area is 128 Å². The minimum absolute atomic E-state index is 0.267. The van der Waals surface area contributed by atoms with Crippen molar-refractivity contribution in [3.8, 4) is 16.9 Å². The number of halogens is 1. The average molecular weight is 293 g/mol. The molecule has 2 N–H and O–H groups in total. The highest BCUT2D eigenvalue weighted by Gasteiger charge is 2.11. The summed E-state index contributed by atoms with van der Waals surface area (Å²) in [7, 11) is 0. The fourth-order valence-electron chi connectivity index (χ4n) is 2.40. The Hall–Kier alpha value is -2.72. The molecule has 0 saturated heterocycles. The Morgan fingerprint density at radius 1 is 1.14 bits per heavy atom. The van der Waals surface area contributed by atoms with Gasteiger partial charge in [0, 0.05) is 23.9 Å². The van der Waals surface area contributed by atoms with E-state index in [1.807, 2.05) is 30.5 Å². The summed E-state index contributed by atoms with van der Waals surface area (Å²) in [6.45, 7) is 4.27. The van der Waals surface area contributed by atoms with Crippen molar-refractivity contribution < 1.29 is 4.39 Å². The fourth-order valence-corrected chi connectivity index (χ4v) is 2.40. The lowest BCUT2D eigenvalue weighted by Gasteiger charge is -2.07. The summed E-state index contributed by atoms with van der Waals surface area (Å²) in [4.78, 5) is 0. The third-order valence-corrected chi connectivity index (χ3v) is 3.54. The Morgan fingerprint density at radius 2 is 1.86 bits per heavy atom. The molecule has 110 valence electrons. The standard InChI is InChI=1S/C18H16FN3/c1-2-13-12-22(17-6-4-3-5-15(17)11-20)21-18(13)14-7-9-16(19)10-8-14/h2-10,12H,1,11,20H2. The van der Waals surface area contributed by atoms with Crippen LogP contribution in [-0.4, -0.2) is 9.78 Å². The van der Waals surface area contributed by atoms with E-state index >= 15 is 0 Å². The van der Waals surface area contributed by atoms with Gasteiger partial charge >= 0.3 is 0 Å². The molecule has 0 unspecified atom stereocenters. The summed E-state index contributed by atoms with van der Waals surface area (Å²) in [6, 6.07) is 14.1. The van der Waals surface area contributed by atoms with Crippen LogP contribution in [0.2, 0.25) is 0 Å². The van der Waals surface area contributed by atoms with Crippen LogP contribution in [0.25, 0.3) is 23.0 Å². The van der Waals surface area contributed by atoms with E-state index in [0.29, 0.717) is 6.54 Å². The molecular weight excluding hydrogens is 277 g/mol. The van der Waals surface area contributed by atoms with E-state index in [0.717, 1.165) is 28.1 Å². The lowest BCUT2D eigenvalue weighted by molar-refractivity contribution is 0.628. The first kappa shape index (κ1) is 14.2. The molecule has 0 fully saturated rings. The molecule has 2 aromatic carbocycles. The quantitative estimate of drug-likeness (QED) is 0.795. The molecular formula is C18H16FN3. The van der Waals surface area contributed by atoms with Crippen LogP contribution < -0.4 is 5.73 Å². The van der Waals surface area contributed by atoms with Crippen LogP contribution in [0.1, 0.15) is 11.1 Å². The summed E-state index contributed by atoms with van der Waals surface area (Å²) in [6.07, 6.45) is 3.65. The van der Waals surface area contributed by atoms with Crippen molar-refractivity contribution in [3.05, 3.63) is 78.3 Å². The molecule has 0 aliphatic heterocycles. The Balaban J connectivity index is 2.12. The summed E-state index contributed by atoms with van der Waals surface area (Å²) >= 11 is 0. The van der Waals surface area contributed by atoms with Gasteiger partial charge in [0.25, 0.3) is 0 Å². The van der Waals surface area contributed by atoms with E-state index in [9.17, 15) is 4.39 Å². The maximum absolute atomic E-state index is 13.1. The van der Waals surface area contributed by atoms with Gasteiger partial charge in [-0.2, -0.15) is 5.10 Å². The van der Waals surface area contributed by atoms with Gasteiger partial charge in [-0.1, -0.05) is 30.9 Å². The van der Waals surface area contributed by atoms with Crippen LogP contribution in [-0.2, 0) is 6.54 Å². The second-order valence-electron chi connectivity index (χ2n) is 4.92. The van der Waals surface area contributed by atoms with Crippen molar-refractivity contribution in [1.82, 2.24) is 9.78 Å². The number of nitrogens with two attached hydrogens (primary N) is 1. The van der Waals surface area contributed by atoms with Crippen LogP contribution in [0, 0.1) is 5.82 Å². The number of hydrogen-bond donors (Lipinski definition) is 1. The Bertz CT molecular complexity index is 803. The van der Waals surface area contributed by atoms with Crippen molar-refractivity contribution >= 4 is 6.08 Å². The molecule has 0 atom stereocenters. The van der Waals surface area contributed by atoms with Gasteiger partial charge in [-0.3, -0.25) is 0 Å². The zero-order chi connectivity index (χ0) is 15.5. The molecule has 0 amide bonds. The van der Waals surface area contributed by atoms with Crippen molar-refractivity contribution in [3.63, 3.8) is 0 Å². The highest BCUT2D eigenvalue weighted by atomic mass is 19.1. The van der Waals surface area contributed by atoms with Crippen LogP contribution in [0.5, 0.6) is 0 Å². The first-order valence-corrected chi connectivity index (χ1v) is 6.99. The average Bonchev–Trinajstić information content (AvgIpc) is 2.99. The van der Waals surface area contributed by atoms with E-state index < -0.39 is 0 Å². The molecule has 1 heterocycles. The van der Waals surface area contributed by atoms with E-state index in [2.05, 4.69) is 11.7 Å². The minimum Gasteiger partial charge on any atom is -0.326 e. The Kier molecular flexibility index (Phi) is 3.85. The minimum atomic E-state index is -0.267. The van der Waals surface area contributed by atoms with E-state index in [1.54, 1.807) is 22.9 Å². The SMILES string of the molecule is C=Cc1cn(-c2ccccc2CN)nc1-c1ccc(F)cc1. The number of hydrogen-bond acceptors (Lipinski definition) is 2. The zero-order valence-electron chi connectivity index (χ0n) is 12.0. The number of nitrogens with zero attached hydrogens (tertiary/aromatic N) is 2.